The molecule has 1 amide bonds. The van der Waals surface area contributed by atoms with Gasteiger partial charge in [-0.2, -0.15) is 0 Å². The van der Waals surface area contributed by atoms with Crippen LogP contribution in [0.1, 0.15) is 18.5 Å². The van der Waals surface area contributed by atoms with Gasteiger partial charge >= 0.3 is 0 Å². The summed E-state index contributed by atoms with van der Waals surface area (Å²) in [5, 5.41) is 0. The third kappa shape index (κ3) is 1.93. The number of piperazine rings is 1. The standard InChI is InChI=1S/C13H17N3O/c1-10-4-5-11(7-14-10)16-8-12-3-2-6-15(12)9-13(16)17/h4-5,7,12H,2-3,6,8-9H2,1H3. The summed E-state index contributed by atoms with van der Waals surface area (Å²) < 4.78 is 0. The third-order valence-electron chi connectivity index (χ3n) is 3.74. The molecule has 2 aliphatic rings. The van der Waals surface area contributed by atoms with E-state index in [2.05, 4.69) is 9.88 Å². The molecule has 0 N–H and O–H groups in total. The fraction of sp³-hybridized carbons (Fsp3) is 0.538. The van der Waals surface area contributed by atoms with Crippen LogP contribution in [0.5, 0.6) is 0 Å². The van der Waals surface area contributed by atoms with Crippen molar-refractivity contribution in [1.29, 1.82) is 0 Å². The lowest BCUT2D eigenvalue weighted by Gasteiger charge is -2.36. The van der Waals surface area contributed by atoms with E-state index >= 15 is 0 Å². The molecule has 4 nitrogen and oxygen atoms in total. The number of hydrogen-bond acceptors (Lipinski definition) is 3. The first-order valence-corrected chi connectivity index (χ1v) is 6.21. The van der Waals surface area contributed by atoms with Gasteiger partial charge in [0.2, 0.25) is 5.91 Å². The van der Waals surface area contributed by atoms with E-state index in [9.17, 15) is 4.79 Å². The first-order valence-electron chi connectivity index (χ1n) is 6.21. The summed E-state index contributed by atoms with van der Waals surface area (Å²) >= 11 is 0. The molecule has 0 saturated carbocycles. The highest BCUT2D eigenvalue weighted by Gasteiger charge is 2.35. The molecular formula is C13H17N3O. The largest absolute Gasteiger partial charge is 0.308 e. The Morgan fingerprint density at radius 2 is 2.29 bits per heavy atom. The van der Waals surface area contributed by atoms with Crippen molar-refractivity contribution in [2.24, 2.45) is 0 Å². The highest BCUT2D eigenvalue weighted by atomic mass is 16.2. The van der Waals surface area contributed by atoms with E-state index in [-0.39, 0.29) is 5.91 Å². The zero-order valence-corrected chi connectivity index (χ0v) is 10.1. The molecule has 1 aromatic rings. The van der Waals surface area contributed by atoms with Crippen molar-refractivity contribution in [3.8, 4) is 0 Å². The summed E-state index contributed by atoms with van der Waals surface area (Å²) in [6.45, 7) is 4.43. The van der Waals surface area contributed by atoms with Gasteiger partial charge in [0.15, 0.2) is 0 Å². The number of pyridine rings is 1. The molecule has 90 valence electrons. The van der Waals surface area contributed by atoms with Gasteiger partial charge in [-0.25, -0.2) is 0 Å². The lowest BCUT2D eigenvalue weighted by atomic mass is 10.1. The van der Waals surface area contributed by atoms with E-state index in [1.165, 1.54) is 12.8 Å². The van der Waals surface area contributed by atoms with Crippen molar-refractivity contribution in [3.63, 3.8) is 0 Å². The minimum atomic E-state index is 0.203. The topological polar surface area (TPSA) is 36.4 Å². The molecule has 0 aliphatic carbocycles. The normalized spacial score (nSPS) is 25.1. The number of aryl methyl sites for hydroxylation is 1. The Kier molecular flexibility index (Phi) is 2.59. The predicted octanol–water partition coefficient (Wildman–Crippen LogP) is 1.20. The monoisotopic (exact) mass is 231 g/mol. The summed E-state index contributed by atoms with van der Waals surface area (Å²) in [5.74, 6) is 0.203. The number of fused-ring (bicyclic) bond motifs is 1. The van der Waals surface area contributed by atoms with Crippen molar-refractivity contribution >= 4 is 11.6 Å². The second-order valence-electron chi connectivity index (χ2n) is 4.93. The lowest BCUT2D eigenvalue weighted by molar-refractivity contribution is -0.121. The molecule has 3 heterocycles. The number of hydrogen-bond donors (Lipinski definition) is 0. The number of carbonyl (C=O) groups excluding carboxylic acids is 1. The number of amides is 1. The first kappa shape index (κ1) is 10.7. The molecule has 2 aliphatic heterocycles. The van der Waals surface area contributed by atoms with Gasteiger partial charge in [0.25, 0.3) is 0 Å². The van der Waals surface area contributed by atoms with E-state index in [0.717, 1.165) is 24.5 Å². The van der Waals surface area contributed by atoms with Crippen molar-refractivity contribution < 1.29 is 4.79 Å². The summed E-state index contributed by atoms with van der Waals surface area (Å²) in [6, 6.07) is 4.50. The van der Waals surface area contributed by atoms with Crippen molar-refractivity contribution in [1.82, 2.24) is 9.88 Å². The van der Waals surface area contributed by atoms with Gasteiger partial charge in [-0.15, -0.1) is 0 Å². The van der Waals surface area contributed by atoms with Crippen LogP contribution in [0.15, 0.2) is 18.3 Å². The Bertz CT molecular complexity index is 429. The third-order valence-corrected chi connectivity index (χ3v) is 3.74. The minimum absolute atomic E-state index is 0.203. The van der Waals surface area contributed by atoms with Crippen LogP contribution in [0.25, 0.3) is 0 Å². The highest BCUT2D eigenvalue weighted by molar-refractivity contribution is 5.95. The SMILES string of the molecule is Cc1ccc(N2CC3CCCN3CC2=O)cn1. The van der Waals surface area contributed by atoms with Crippen molar-refractivity contribution in [3.05, 3.63) is 24.0 Å². The fourth-order valence-electron chi connectivity index (χ4n) is 2.75. The molecule has 0 bridgehead atoms. The van der Waals surface area contributed by atoms with Gasteiger partial charge in [0.1, 0.15) is 0 Å². The number of aromatic nitrogens is 1. The van der Waals surface area contributed by atoms with Gasteiger partial charge in [-0.3, -0.25) is 14.7 Å². The van der Waals surface area contributed by atoms with Crippen molar-refractivity contribution in [2.75, 3.05) is 24.5 Å². The van der Waals surface area contributed by atoms with Crippen LogP contribution < -0.4 is 4.90 Å². The fourth-order valence-corrected chi connectivity index (χ4v) is 2.75. The lowest BCUT2D eigenvalue weighted by Crippen LogP contribution is -2.53. The van der Waals surface area contributed by atoms with Crippen LogP contribution in [0.2, 0.25) is 0 Å². The van der Waals surface area contributed by atoms with Crippen LogP contribution in [-0.4, -0.2) is 41.5 Å². The van der Waals surface area contributed by atoms with E-state index in [1.54, 1.807) is 6.20 Å². The summed E-state index contributed by atoms with van der Waals surface area (Å²) in [4.78, 5) is 20.5. The van der Waals surface area contributed by atoms with Crippen LogP contribution >= 0.6 is 0 Å². The molecule has 1 atom stereocenters. The Morgan fingerprint density at radius 1 is 1.41 bits per heavy atom. The van der Waals surface area contributed by atoms with Gasteiger partial charge in [0.05, 0.1) is 18.4 Å². The van der Waals surface area contributed by atoms with Crippen LogP contribution in [0, 0.1) is 6.92 Å². The Morgan fingerprint density at radius 3 is 3.06 bits per heavy atom. The van der Waals surface area contributed by atoms with Gasteiger partial charge in [-0.1, -0.05) is 0 Å². The summed E-state index contributed by atoms with van der Waals surface area (Å²) in [7, 11) is 0. The molecule has 1 unspecified atom stereocenters. The highest BCUT2D eigenvalue weighted by Crippen LogP contribution is 2.25. The first-order chi connectivity index (χ1) is 8.24. The number of carbonyl (C=O) groups is 1. The van der Waals surface area contributed by atoms with Gasteiger partial charge in [-0.05, 0) is 38.4 Å². The molecule has 2 saturated heterocycles. The van der Waals surface area contributed by atoms with E-state index < -0.39 is 0 Å². The number of rotatable bonds is 1. The Balaban J connectivity index is 1.83. The van der Waals surface area contributed by atoms with Crippen molar-refractivity contribution in [2.45, 2.75) is 25.8 Å². The van der Waals surface area contributed by atoms with E-state index in [1.807, 2.05) is 24.0 Å². The van der Waals surface area contributed by atoms with Crippen LogP contribution in [0.3, 0.4) is 0 Å². The van der Waals surface area contributed by atoms with E-state index in [0.29, 0.717) is 12.6 Å². The Hall–Kier alpha value is -1.42. The van der Waals surface area contributed by atoms with Gasteiger partial charge < -0.3 is 4.90 Å². The second-order valence-corrected chi connectivity index (χ2v) is 4.93. The maximum absolute atomic E-state index is 12.1. The quantitative estimate of drug-likeness (QED) is 0.728. The molecule has 0 radical (unpaired) electrons. The smallest absolute Gasteiger partial charge is 0.241 e. The number of nitrogens with zero attached hydrogens (tertiary/aromatic N) is 3. The minimum Gasteiger partial charge on any atom is -0.308 e. The zero-order chi connectivity index (χ0) is 11.8. The van der Waals surface area contributed by atoms with Crippen LogP contribution in [0.4, 0.5) is 5.69 Å². The molecule has 0 spiro atoms. The molecule has 2 fully saturated rings. The average molecular weight is 231 g/mol. The molecule has 0 aromatic carbocycles. The predicted molar refractivity (Wildman–Crippen MR) is 65.9 cm³/mol. The molecule has 17 heavy (non-hydrogen) atoms. The molecule has 1 aromatic heterocycles. The van der Waals surface area contributed by atoms with Crippen LogP contribution in [-0.2, 0) is 4.79 Å². The maximum Gasteiger partial charge on any atom is 0.241 e. The summed E-state index contributed by atoms with van der Waals surface area (Å²) in [6.07, 6.45) is 4.23. The zero-order valence-electron chi connectivity index (χ0n) is 10.1. The summed E-state index contributed by atoms with van der Waals surface area (Å²) in [5.41, 5.74) is 1.92. The Labute approximate surface area is 101 Å². The number of anilines is 1. The maximum atomic E-state index is 12.1. The molecule has 4 heteroatoms. The average Bonchev–Trinajstić information content (AvgIpc) is 2.76. The molecule has 3 rings (SSSR count). The molecular weight excluding hydrogens is 214 g/mol. The van der Waals surface area contributed by atoms with E-state index in [4.69, 9.17) is 0 Å². The van der Waals surface area contributed by atoms with Gasteiger partial charge in [0, 0.05) is 18.3 Å². The second kappa shape index (κ2) is 4.11.